The summed E-state index contributed by atoms with van der Waals surface area (Å²) in [5.74, 6) is 2.11. The van der Waals surface area contributed by atoms with Gasteiger partial charge in [-0.1, -0.05) is 23.9 Å². The molecule has 0 amide bonds. The predicted molar refractivity (Wildman–Crippen MR) is 92.1 cm³/mol. The van der Waals surface area contributed by atoms with Gasteiger partial charge in [0, 0.05) is 16.7 Å². The molecule has 2 heterocycles. The van der Waals surface area contributed by atoms with Crippen LogP contribution in [0.3, 0.4) is 0 Å². The van der Waals surface area contributed by atoms with Crippen LogP contribution in [0.2, 0.25) is 0 Å². The van der Waals surface area contributed by atoms with Gasteiger partial charge in [0.15, 0.2) is 0 Å². The molecule has 0 spiro atoms. The van der Waals surface area contributed by atoms with Gasteiger partial charge >= 0.3 is 0 Å². The van der Waals surface area contributed by atoms with Crippen molar-refractivity contribution >= 4 is 22.7 Å². The normalized spacial score (nSPS) is 11.0. The molecule has 0 saturated heterocycles. The fraction of sp³-hybridized carbons (Fsp3) is 0.111. The van der Waals surface area contributed by atoms with Gasteiger partial charge in [0.25, 0.3) is 5.22 Å². The van der Waals surface area contributed by atoms with Crippen molar-refractivity contribution in [2.24, 2.45) is 0 Å². The van der Waals surface area contributed by atoms with Crippen molar-refractivity contribution < 1.29 is 13.6 Å². The molecular formula is C18H14N2O3S. The highest BCUT2D eigenvalue weighted by molar-refractivity contribution is 7.98. The minimum absolute atomic E-state index is 0.510. The lowest BCUT2D eigenvalue weighted by Crippen LogP contribution is -1.84. The van der Waals surface area contributed by atoms with Gasteiger partial charge in [0.1, 0.15) is 11.3 Å². The van der Waals surface area contributed by atoms with Crippen molar-refractivity contribution in [3.63, 3.8) is 0 Å². The number of aromatic nitrogens is 2. The topological polar surface area (TPSA) is 61.3 Å². The van der Waals surface area contributed by atoms with Gasteiger partial charge in [-0.05, 0) is 42.0 Å². The number of rotatable bonds is 5. The van der Waals surface area contributed by atoms with Crippen molar-refractivity contribution in [2.75, 3.05) is 7.11 Å². The van der Waals surface area contributed by atoms with E-state index in [0.29, 0.717) is 11.1 Å². The van der Waals surface area contributed by atoms with Crippen LogP contribution < -0.4 is 4.74 Å². The summed E-state index contributed by atoms with van der Waals surface area (Å²) >= 11 is 1.51. The van der Waals surface area contributed by atoms with Gasteiger partial charge in [0.05, 0.1) is 13.4 Å². The molecule has 24 heavy (non-hydrogen) atoms. The van der Waals surface area contributed by atoms with Crippen molar-refractivity contribution in [3.8, 4) is 17.2 Å². The first kappa shape index (κ1) is 14.8. The van der Waals surface area contributed by atoms with Gasteiger partial charge < -0.3 is 13.6 Å². The number of furan rings is 1. The van der Waals surface area contributed by atoms with Crippen LogP contribution in [0.5, 0.6) is 5.75 Å². The van der Waals surface area contributed by atoms with Crippen molar-refractivity contribution in [3.05, 3.63) is 60.4 Å². The van der Waals surface area contributed by atoms with Gasteiger partial charge in [-0.2, -0.15) is 0 Å². The summed E-state index contributed by atoms with van der Waals surface area (Å²) in [6.45, 7) is 0. The highest BCUT2D eigenvalue weighted by Crippen LogP contribution is 2.28. The number of hydrogen-bond acceptors (Lipinski definition) is 6. The van der Waals surface area contributed by atoms with E-state index in [2.05, 4.69) is 10.2 Å². The Bertz CT molecular complexity index is 960. The average Bonchev–Trinajstić information content (AvgIpc) is 3.29. The quantitative estimate of drug-likeness (QED) is 0.488. The maximum absolute atomic E-state index is 5.75. The van der Waals surface area contributed by atoms with Gasteiger partial charge in [-0.3, -0.25) is 0 Å². The smallest absolute Gasteiger partial charge is 0.277 e. The minimum atomic E-state index is 0.510. The molecule has 0 fully saturated rings. The van der Waals surface area contributed by atoms with Crippen LogP contribution in [0.25, 0.3) is 22.4 Å². The Kier molecular flexibility index (Phi) is 3.96. The molecule has 0 aliphatic carbocycles. The van der Waals surface area contributed by atoms with E-state index in [9.17, 15) is 0 Å². The Balaban J connectivity index is 1.47. The summed E-state index contributed by atoms with van der Waals surface area (Å²) in [6, 6.07) is 15.6. The molecule has 2 aromatic heterocycles. The number of methoxy groups -OCH3 is 1. The third-order valence-electron chi connectivity index (χ3n) is 3.63. The number of fused-ring (bicyclic) bond motifs is 1. The minimum Gasteiger partial charge on any atom is -0.497 e. The zero-order valence-corrected chi connectivity index (χ0v) is 13.7. The third-order valence-corrected chi connectivity index (χ3v) is 4.52. The lowest BCUT2D eigenvalue weighted by Gasteiger charge is -2.01. The number of nitrogens with zero attached hydrogens (tertiary/aromatic N) is 2. The summed E-state index contributed by atoms with van der Waals surface area (Å²) < 4.78 is 16.2. The first-order valence-electron chi connectivity index (χ1n) is 7.39. The lowest BCUT2D eigenvalue weighted by molar-refractivity contribution is 0.414. The Hall–Kier alpha value is -2.73. The Morgan fingerprint density at radius 1 is 1.04 bits per heavy atom. The molecule has 0 bridgehead atoms. The number of ether oxygens (including phenoxy) is 1. The largest absolute Gasteiger partial charge is 0.497 e. The molecule has 4 rings (SSSR count). The molecule has 5 nitrogen and oxygen atoms in total. The van der Waals surface area contributed by atoms with Crippen LogP contribution in [-0.2, 0) is 5.75 Å². The van der Waals surface area contributed by atoms with E-state index in [-0.39, 0.29) is 0 Å². The van der Waals surface area contributed by atoms with Crippen LogP contribution in [0.15, 0.2) is 68.9 Å². The zero-order chi connectivity index (χ0) is 16.4. The molecule has 0 aliphatic rings. The average molecular weight is 338 g/mol. The fourth-order valence-electron chi connectivity index (χ4n) is 2.35. The second kappa shape index (κ2) is 6.41. The van der Waals surface area contributed by atoms with Crippen LogP contribution in [0, 0.1) is 0 Å². The maximum Gasteiger partial charge on any atom is 0.277 e. The molecule has 120 valence electrons. The van der Waals surface area contributed by atoms with Gasteiger partial charge in [0.2, 0.25) is 5.89 Å². The predicted octanol–water partition coefficient (Wildman–Crippen LogP) is 4.78. The SMILES string of the molecule is COc1ccc(CSc2nnc(-c3ccc4occc4c3)o2)cc1. The Labute approximate surface area is 142 Å². The van der Waals surface area contributed by atoms with E-state index in [4.69, 9.17) is 13.6 Å². The van der Waals surface area contributed by atoms with Crippen LogP contribution in [0.4, 0.5) is 0 Å². The van der Waals surface area contributed by atoms with Crippen molar-refractivity contribution in [1.29, 1.82) is 0 Å². The Morgan fingerprint density at radius 3 is 2.75 bits per heavy atom. The molecule has 0 unspecified atom stereocenters. The molecule has 0 atom stereocenters. The molecule has 0 radical (unpaired) electrons. The second-order valence-corrected chi connectivity index (χ2v) is 6.11. The zero-order valence-electron chi connectivity index (χ0n) is 12.9. The lowest BCUT2D eigenvalue weighted by atomic mass is 10.1. The summed E-state index contributed by atoms with van der Waals surface area (Å²) in [5.41, 5.74) is 2.89. The molecule has 6 heteroatoms. The number of benzene rings is 2. The van der Waals surface area contributed by atoms with Crippen LogP contribution in [-0.4, -0.2) is 17.3 Å². The van der Waals surface area contributed by atoms with Gasteiger partial charge in [-0.25, -0.2) is 0 Å². The summed E-state index contributed by atoms with van der Waals surface area (Å²) in [7, 11) is 1.66. The first-order valence-corrected chi connectivity index (χ1v) is 8.37. The summed E-state index contributed by atoms with van der Waals surface area (Å²) in [5, 5.41) is 9.80. The fourth-order valence-corrected chi connectivity index (χ4v) is 3.07. The van der Waals surface area contributed by atoms with E-state index in [0.717, 1.165) is 28.0 Å². The molecule has 0 N–H and O–H groups in total. The van der Waals surface area contributed by atoms with Gasteiger partial charge in [-0.15, -0.1) is 10.2 Å². The monoisotopic (exact) mass is 338 g/mol. The number of hydrogen-bond donors (Lipinski definition) is 0. The van der Waals surface area contributed by atoms with E-state index in [1.807, 2.05) is 48.5 Å². The summed E-state index contributed by atoms with van der Waals surface area (Å²) in [4.78, 5) is 0. The van der Waals surface area contributed by atoms with E-state index in [1.165, 1.54) is 17.3 Å². The molecule has 2 aromatic carbocycles. The summed E-state index contributed by atoms with van der Waals surface area (Å²) in [6.07, 6.45) is 1.67. The van der Waals surface area contributed by atoms with E-state index in [1.54, 1.807) is 13.4 Å². The van der Waals surface area contributed by atoms with E-state index >= 15 is 0 Å². The number of thioether (sulfide) groups is 1. The van der Waals surface area contributed by atoms with Crippen molar-refractivity contribution in [1.82, 2.24) is 10.2 Å². The third kappa shape index (κ3) is 3.00. The molecule has 4 aromatic rings. The van der Waals surface area contributed by atoms with Crippen LogP contribution in [0.1, 0.15) is 5.56 Å². The first-order chi connectivity index (χ1) is 11.8. The molecule has 0 aliphatic heterocycles. The van der Waals surface area contributed by atoms with Crippen molar-refractivity contribution in [2.45, 2.75) is 11.0 Å². The molecular weight excluding hydrogens is 324 g/mol. The highest BCUT2D eigenvalue weighted by atomic mass is 32.2. The second-order valence-electron chi connectivity index (χ2n) is 5.18. The van der Waals surface area contributed by atoms with E-state index < -0.39 is 0 Å². The standard InChI is InChI=1S/C18H14N2O3S/c1-21-15-5-2-12(3-6-15)11-24-18-20-19-17(23-18)14-4-7-16-13(10-14)8-9-22-16/h2-10H,11H2,1H3. The molecule has 0 saturated carbocycles. The highest BCUT2D eigenvalue weighted by Gasteiger charge is 2.10. The Morgan fingerprint density at radius 2 is 1.92 bits per heavy atom. The maximum atomic E-state index is 5.75. The van der Waals surface area contributed by atoms with Crippen LogP contribution >= 0.6 is 11.8 Å².